The van der Waals surface area contributed by atoms with Gasteiger partial charge in [0.15, 0.2) is 12.4 Å². The average molecular weight is 1130 g/mol. The number of hydrogen-bond acceptors (Lipinski definition) is 10. The summed E-state index contributed by atoms with van der Waals surface area (Å²) in [5.74, 6) is -1.19. The van der Waals surface area contributed by atoms with Crippen molar-refractivity contribution in [2.75, 3.05) is 13.2 Å². The molecule has 0 radical (unpaired) electrons. The number of carbonyl (C=O) groups is 2. The third-order valence-corrected chi connectivity index (χ3v) is 16.3. The molecule has 0 aromatic carbocycles. The molecule has 1 aliphatic rings. The lowest BCUT2D eigenvalue weighted by Gasteiger charge is -2.41. The molecule has 11 nitrogen and oxygen atoms in total. The molecule has 1 aliphatic heterocycles. The van der Waals surface area contributed by atoms with Gasteiger partial charge < -0.3 is 45.1 Å². The standard InChI is InChI=1S/C69H129NO10/c1-4-7-10-13-16-19-22-25-27-28-29-30-31-32-33-34-35-37-38-41-44-47-50-53-56-62(73)68(77)70-60(61(72)55-52-49-46-43-40-24-21-18-15-12-9-6-3)59-78-69-67(66(76)65(75)63(58-71)79-69)80-64(74)57-54-51-48-45-42-39-36-26-23-20-17-14-11-8-5-2/h17,20,23,26,52,55,60-63,65-67,69,71-73,75-76H,4-16,18-19,21-22,24-25,27-51,53-54,56-59H2,1-3H3,(H,70,77)/b20-17+,26-23+,55-52+. The van der Waals surface area contributed by atoms with Gasteiger partial charge in [0, 0.05) is 6.42 Å². The lowest BCUT2D eigenvalue weighted by Crippen LogP contribution is -2.61. The Kier molecular flexibility index (Phi) is 54.4. The Morgan fingerprint density at radius 2 is 0.850 bits per heavy atom. The maximum atomic E-state index is 13.5. The molecule has 11 heteroatoms. The van der Waals surface area contributed by atoms with Crippen LogP contribution in [0, 0.1) is 0 Å². The summed E-state index contributed by atoms with van der Waals surface area (Å²) in [6.07, 6.45) is 59.1. The first-order valence-corrected chi connectivity index (χ1v) is 34.3. The topological polar surface area (TPSA) is 175 Å². The Labute approximate surface area is 492 Å². The minimum absolute atomic E-state index is 0.113. The number of aliphatic hydroxyl groups is 5. The van der Waals surface area contributed by atoms with E-state index in [1.165, 1.54) is 199 Å². The van der Waals surface area contributed by atoms with Crippen molar-refractivity contribution in [2.24, 2.45) is 0 Å². The second kappa shape index (κ2) is 57.3. The van der Waals surface area contributed by atoms with Crippen LogP contribution in [0.1, 0.15) is 329 Å². The summed E-state index contributed by atoms with van der Waals surface area (Å²) in [7, 11) is 0. The number of nitrogens with one attached hydrogen (secondary N) is 1. The molecule has 1 saturated heterocycles. The van der Waals surface area contributed by atoms with Gasteiger partial charge in [0.05, 0.1) is 25.4 Å². The normalized spacial score (nSPS) is 18.9. The number of carbonyl (C=O) groups excluding carboxylic acids is 2. The molecule has 0 saturated carbocycles. The Balaban J connectivity index is 2.58. The highest BCUT2D eigenvalue weighted by molar-refractivity contribution is 5.80. The smallest absolute Gasteiger partial charge is 0.306 e. The van der Waals surface area contributed by atoms with E-state index in [2.05, 4.69) is 50.4 Å². The Morgan fingerprint density at radius 1 is 0.487 bits per heavy atom. The number of ether oxygens (including phenoxy) is 3. The second-order valence-electron chi connectivity index (χ2n) is 23.9. The van der Waals surface area contributed by atoms with E-state index in [-0.39, 0.29) is 13.0 Å². The maximum Gasteiger partial charge on any atom is 0.306 e. The molecule has 0 aliphatic carbocycles. The summed E-state index contributed by atoms with van der Waals surface area (Å²) in [5.41, 5.74) is 0. The molecule has 1 amide bonds. The minimum atomic E-state index is -1.62. The number of unbranched alkanes of at least 4 members (excludes halogenated alkanes) is 42. The summed E-state index contributed by atoms with van der Waals surface area (Å²) in [6, 6.07) is -1.02. The van der Waals surface area contributed by atoms with Crippen LogP contribution in [-0.2, 0) is 23.8 Å². The fraction of sp³-hybridized carbons (Fsp3) is 0.884. The third-order valence-electron chi connectivity index (χ3n) is 16.3. The van der Waals surface area contributed by atoms with Crippen LogP contribution in [0.25, 0.3) is 0 Å². The van der Waals surface area contributed by atoms with Crippen LogP contribution in [0.4, 0.5) is 0 Å². The molecule has 0 spiro atoms. The average Bonchev–Trinajstić information content (AvgIpc) is 3.48. The molecule has 0 aromatic heterocycles. The number of esters is 1. The molecule has 8 atom stereocenters. The zero-order valence-corrected chi connectivity index (χ0v) is 52.2. The minimum Gasteiger partial charge on any atom is -0.454 e. The van der Waals surface area contributed by atoms with E-state index in [9.17, 15) is 35.1 Å². The summed E-state index contributed by atoms with van der Waals surface area (Å²) in [5, 5.41) is 57.1. The van der Waals surface area contributed by atoms with Crippen molar-refractivity contribution >= 4 is 11.9 Å². The van der Waals surface area contributed by atoms with Gasteiger partial charge in [0.1, 0.15) is 24.4 Å². The fourth-order valence-corrected chi connectivity index (χ4v) is 10.9. The first-order chi connectivity index (χ1) is 39.2. The molecular formula is C69H129NO10. The highest BCUT2D eigenvalue weighted by atomic mass is 16.7. The molecule has 0 bridgehead atoms. The van der Waals surface area contributed by atoms with E-state index in [1.54, 1.807) is 6.08 Å². The number of rotatable bonds is 59. The van der Waals surface area contributed by atoms with Gasteiger partial charge in [-0.25, -0.2) is 0 Å². The Morgan fingerprint density at radius 3 is 1.27 bits per heavy atom. The van der Waals surface area contributed by atoms with Crippen LogP contribution in [-0.4, -0.2) is 99.6 Å². The van der Waals surface area contributed by atoms with Gasteiger partial charge in [-0.15, -0.1) is 0 Å². The summed E-state index contributed by atoms with van der Waals surface area (Å²) >= 11 is 0. The zero-order chi connectivity index (χ0) is 58.2. The molecule has 1 rings (SSSR count). The third kappa shape index (κ3) is 44.4. The number of amides is 1. The van der Waals surface area contributed by atoms with Crippen molar-refractivity contribution in [3.63, 3.8) is 0 Å². The first kappa shape index (κ1) is 75.9. The lowest BCUT2D eigenvalue weighted by atomic mass is 9.99. The zero-order valence-electron chi connectivity index (χ0n) is 52.2. The summed E-state index contributed by atoms with van der Waals surface area (Å²) in [6.45, 7) is 5.79. The maximum absolute atomic E-state index is 13.5. The van der Waals surface area contributed by atoms with E-state index in [0.717, 1.165) is 83.5 Å². The van der Waals surface area contributed by atoms with E-state index < -0.39 is 67.4 Å². The van der Waals surface area contributed by atoms with E-state index in [4.69, 9.17) is 14.2 Å². The van der Waals surface area contributed by atoms with Gasteiger partial charge in [0.2, 0.25) is 5.91 Å². The molecule has 1 heterocycles. The Hall–Kier alpha value is -2.12. The van der Waals surface area contributed by atoms with Crippen molar-refractivity contribution in [3.05, 3.63) is 36.5 Å². The predicted molar refractivity (Wildman–Crippen MR) is 334 cm³/mol. The van der Waals surface area contributed by atoms with Gasteiger partial charge in [-0.1, -0.05) is 308 Å². The summed E-state index contributed by atoms with van der Waals surface area (Å²) in [4.78, 5) is 26.6. The molecule has 1 fully saturated rings. The van der Waals surface area contributed by atoms with Gasteiger partial charge in [0.25, 0.3) is 0 Å². The second-order valence-corrected chi connectivity index (χ2v) is 23.9. The number of allylic oxidation sites excluding steroid dienone is 5. The first-order valence-electron chi connectivity index (χ1n) is 34.3. The van der Waals surface area contributed by atoms with Crippen LogP contribution < -0.4 is 5.32 Å². The van der Waals surface area contributed by atoms with Gasteiger partial charge in [-0.05, 0) is 51.4 Å². The van der Waals surface area contributed by atoms with Gasteiger partial charge in [-0.3, -0.25) is 9.59 Å². The van der Waals surface area contributed by atoms with E-state index in [0.29, 0.717) is 19.3 Å². The predicted octanol–water partition coefficient (Wildman–Crippen LogP) is 17.0. The van der Waals surface area contributed by atoms with Crippen LogP contribution >= 0.6 is 0 Å². The van der Waals surface area contributed by atoms with Crippen LogP contribution in [0.2, 0.25) is 0 Å². The molecular weight excluding hydrogens is 1000 g/mol. The van der Waals surface area contributed by atoms with Crippen LogP contribution in [0.3, 0.4) is 0 Å². The molecule has 6 N–H and O–H groups in total. The molecule has 470 valence electrons. The van der Waals surface area contributed by atoms with Gasteiger partial charge in [-0.2, -0.15) is 0 Å². The quantitative estimate of drug-likeness (QED) is 0.0149. The van der Waals surface area contributed by atoms with Crippen molar-refractivity contribution < 1.29 is 49.3 Å². The van der Waals surface area contributed by atoms with E-state index in [1.807, 2.05) is 6.08 Å². The van der Waals surface area contributed by atoms with Crippen molar-refractivity contribution in [1.29, 1.82) is 0 Å². The van der Waals surface area contributed by atoms with Crippen molar-refractivity contribution in [1.82, 2.24) is 5.32 Å². The van der Waals surface area contributed by atoms with Crippen LogP contribution in [0.5, 0.6) is 0 Å². The van der Waals surface area contributed by atoms with Gasteiger partial charge >= 0.3 is 5.97 Å². The van der Waals surface area contributed by atoms with Crippen LogP contribution in [0.15, 0.2) is 36.5 Å². The SMILES string of the molecule is CCCCC/C=C/C=C/CCCCCCCCC(=O)OC1C(OCC(NC(=O)C(O)CCCCCCCCCCCCCCCCCCCCCCCCCC)C(O)/C=C/CCCCCCCCCCCC)OC(CO)C(O)C1O. The van der Waals surface area contributed by atoms with Crippen molar-refractivity contribution in [2.45, 2.75) is 378 Å². The molecule has 8 unspecified atom stereocenters. The molecule has 80 heavy (non-hydrogen) atoms. The molecule has 0 aromatic rings. The number of hydrogen-bond donors (Lipinski definition) is 6. The highest BCUT2D eigenvalue weighted by Gasteiger charge is 2.47. The monoisotopic (exact) mass is 1130 g/mol. The number of aliphatic hydroxyl groups excluding tert-OH is 5. The van der Waals surface area contributed by atoms with Crippen molar-refractivity contribution in [3.8, 4) is 0 Å². The van der Waals surface area contributed by atoms with E-state index >= 15 is 0 Å². The lowest BCUT2D eigenvalue weighted by molar-refractivity contribution is -0.305. The fourth-order valence-electron chi connectivity index (χ4n) is 10.9. The highest BCUT2D eigenvalue weighted by Crippen LogP contribution is 2.26. The Bertz CT molecular complexity index is 1440. The largest absolute Gasteiger partial charge is 0.454 e. The summed E-state index contributed by atoms with van der Waals surface area (Å²) < 4.78 is 17.6.